The number of rotatable bonds is 6. The first kappa shape index (κ1) is 14.2. The average molecular weight is 307 g/mol. The molecular weight excluding hydrogens is 286 g/mol. The van der Waals surface area contributed by atoms with Crippen molar-refractivity contribution in [1.29, 1.82) is 0 Å². The molecule has 1 unspecified atom stereocenters. The zero-order chi connectivity index (χ0) is 13.8. The van der Waals surface area contributed by atoms with Gasteiger partial charge in [0.25, 0.3) is 0 Å². The van der Waals surface area contributed by atoms with Crippen molar-refractivity contribution in [3.63, 3.8) is 0 Å². The SMILES string of the molecule is CCN(Cc1csc(-c2ccsc2)n1)CC1CCCN1. The molecule has 20 heavy (non-hydrogen) atoms. The number of hydrogen-bond acceptors (Lipinski definition) is 5. The number of nitrogens with one attached hydrogen (secondary N) is 1. The van der Waals surface area contributed by atoms with Crippen molar-refractivity contribution >= 4 is 22.7 Å². The van der Waals surface area contributed by atoms with Gasteiger partial charge in [-0.25, -0.2) is 4.98 Å². The summed E-state index contributed by atoms with van der Waals surface area (Å²) in [7, 11) is 0. The molecule has 1 saturated heterocycles. The summed E-state index contributed by atoms with van der Waals surface area (Å²) in [4.78, 5) is 7.27. The van der Waals surface area contributed by atoms with Gasteiger partial charge in [0.1, 0.15) is 5.01 Å². The van der Waals surface area contributed by atoms with Gasteiger partial charge in [0, 0.05) is 35.5 Å². The number of thiophene rings is 1. The molecule has 1 N–H and O–H groups in total. The summed E-state index contributed by atoms with van der Waals surface area (Å²) in [5, 5.41) is 11.2. The molecule has 0 spiro atoms. The Morgan fingerprint density at radius 1 is 1.45 bits per heavy atom. The van der Waals surface area contributed by atoms with Crippen LogP contribution in [0, 0.1) is 0 Å². The zero-order valence-corrected chi connectivity index (χ0v) is 13.5. The van der Waals surface area contributed by atoms with Gasteiger partial charge in [-0.1, -0.05) is 6.92 Å². The van der Waals surface area contributed by atoms with Crippen LogP contribution in [0.25, 0.3) is 10.6 Å². The minimum atomic E-state index is 0.671. The molecular formula is C15H21N3S2. The number of nitrogens with zero attached hydrogens (tertiary/aromatic N) is 2. The van der Waals surface area contributed by atoms with Crippen molar-refractivity contribution in [1.82, 2.24) is 15.2 Å². The molecule has 1 atom stereocenters. The molecule has 0 bridgehead atoms. The molecule has 3 heterocycles. The summed E-state index contributed by atoms with van der Waals surface area (Å²) < 4.78 is 0. The Morgan fingerprint density at radius 2 is 2.40 bits per heavy atom. The maximum Gasteiger partial charge on any atom is 0.124 e. The number of thiazole rings is 1. The second-order valence-electron chi connectivity index (χ2n) is 5.28. The minimum Gasteiger partial charge on any atom is -0.313 e. The zero-order valence-electron chi connectivity index (χ0n) is 11.8. The quantitative estimate of drug-likeness (QED) is 0.886. The second kappa shape index (κ2) is 6.80. The van der Waals surface area contributed by atoms with Crippen LogP contribution in [0.4, 0.5) is 0 Å². The first-order chi connectivity index (χ1) is 9.85. The predicted molar refractivity (Wildman–Crippen MR) is 87.4 cm³/mol. The smallest absolute Gasteiger partial charge is 0.124 e. The molecule has 0 aliphatic carbocycles. The van der Waals surface area contributed by atoms with Crippen molar-refractivity contribution in [2.45, 2.75) is 32.4 Å². The number of likely N-dealkylation sites (N-methyl/N-ethyl adjacent to an activating group) is 1. The molecule has 1 aliphatic heterocycles. The Bertz CT molecular complexity index is 515. The highest BCUT2D eigenvalue weighted by Crippen LogP contribution is 2.26. The molecule has 5 heteroatoms. The first-order valence-electron chi connectivity index (χ1n) is 7.28. The second-order valence-corrected chi connectivity index (χ2v) is 6.92. The van der Waals surface area contributed by atoms with Crippen molar-refractivity contribution in [3.05, 3.63) is 27.9 Å². The van der Waals surface area contributed by atoms with E-state index in [1.54, 1.807) is 22.7 Å². The van der Waals surface area contributed by atoms with Crippen LogP contribution in [0.15, 0.2) is 22.2 Å². The molecule has 1 fully saturated rings. The summed E-state index contributed by atoms with van der Waals surface area (Å²) >= 11 is 3.49. The molecule has 108 valence electrons. The Balaban J connectivity index is 1.60. The fourth-order valence-electron chi connectivity index (χ4n) is 2.66. The number of aromatic nitrogens is 1. The van der Waals surface area contributed by atoms with Crippen molar-refractivity contribution in [3.8, 4) is 10.6 Å². The van der Waals surface area contributed by atoms with E-state index in [2.05, 4.69) is 39.3 Å². The number of hydrogen-bond donors (Lipinski definition) is 1. The van der Waals surface area contributed by atoms with E-state index in [9.17, 15) is 0 Å². The van der Waals surface area contributed by atoms with E-state index in [1.165, 1.54) is 30.6 Å². The van der Waals surface area contributed by atoms with E-state index in [-0.39, 0.29) is 0 Å². The van der Waals surface area contributed by atoms with E-state index in [4.69, 9.17) is 4.98 Å². The molecule has 1 aliphatic rings. The predicted octanol–water partition coefficient (Wildman–Crippen LogP) is 3.45. The lowest BCUT2D eigenvalue weighted by molar-refractivity contribution is 0.251. The molecule has 3 nitrogen and oxygen atoms in total. The molecule has 0 amide bonds. The fraction of sp³-hybridized carbons (Fsp3) is 0.533. The third-order valence-corrected chi connectivity index (χ3v) is 5.42. The fourth-order valence-corrected chi connectivity index (χ4v) is 4.18. The Labute approximate surface area is 128 Å². The van der Waals surface area contributed by atoms with Crippen LogP contribution in [0.2, 0.25) is 0 Å². The largest absolute Gasteiger partial charge is 0.313 e. The summed E-state index contributed by atoms with van der Waals surface area (Å²) in [5.74, 6) is 0. The van der Waals surface area contributed by atoms with E-state index in [0.717, 1.165) is 24.6 Å². The minimum absolute atomic E-state index is 0.671. The van der Waals surface area contributed by atoms with Crippen LogP contribution in [-0.2, 0) is 6.54 Å². The lowest BCUT2D eigenvalue weighted by atomic mass is 10.2. The van der Waals surface area contributed by atoms with Gasteiger partial charge in [-0.3, -0.25) is 4.90 Å². The van der Waals surface area contributed by atoms with Crippen molar-refractivity contribution < 1.29 is 0 Å². The monoisotopic (exact) mass is 307 g/mol. The summed E-state index contributed by atoms with van der Waals surface area (Å²) in [6, 6.07) is 2.82. The van der Waals surface area contributed by atoms with Gasteiger partial charge in [-0.15, -0.1) is 11.3 Å². The van der Waals surface area contributed by atoms with Crippen LogP contribution in [0.1, 0.15) is 25.5 Å². The maximum absolute atomic E-state index is 4.78. The Kier molecular flexibility index (Phi) is 4.83. The topological polar surface area (TPSA) is 28.2 Å². The molecule has 0 radical (unpaired) electrons. The average Bonchev–Trinajstić information content (AvgIpc) is 3.20. The van der Waals surface area contributed by atoms with Crippen LogP contribution < -0.4 is 5.32 Å². The Morgan fingerprint density at radius 3 is 3.10 bits per heavy atom. The Hall–Kier alpha value is -0.750. The van der Waals surface area contributed by atoms with Crippen LogP contribution in [0.5, 0.6) is 0 Å². The molecule has 2 aromatic heterocycles. The van der Waals surface area contributed by atoms with Crippen LogP contribution >= 0.6 is 22.7 Å². The highest BCUT2D eigenvalue weighted by Gasteiger charge is 2.17. The third-order valence-electron chi connectivity index (χ3n) is 3.79. The normalized spacial score (nSPS) is 19.0. The van der Waals surface area contributed by atoms with Crippen molar-refractivity contribution in [2.75, 3.05) is 19.6 Å². The summed E-state index contributed by atoms with van der Waals surface area (Å²) in [6.07, 6.45) is 2.63. The third kappa shape index (κ3) is 3.47. The molecule has 3 rings (SSSR count). The highest BCUT2D eigenvalue weighted by molar-refractivity contribution is 7.14. The summed E-state index contributed by atoms with van der Waals surface area (Å²) in [6.45, 7) is 6.61. The van der Waals surface area contributed by atoms with Gasteiger partial charge < -0.3 is 5.32 Å². The van der Waals surface area contributed by atoms with E-state index >= 15 is 0 Å². The van der Waals surface area contributed by atoms with Crippen LogP contribution in [-0.4, -0.2) is 35.6 Å². The van der Waals surface area contributed by atoms with Gasteiger partial charge in [-0.05, 0) is 37.4 Å². The molecule has 0 aromatic carbocycles. The van der Waals surface area contributed by atoms with Crippen molar-refractivity contribution in [2.24, 2.45) is 0 Å². The first-order valence-corrected chi connectivity index (χ1v) is 9.10. The van der Waals surface area contributed by atoms with Gasteiger partial charge >= 0.3 is 0 Å². The lowest BCUT2D eigenvalue weighted by Gasteiger charge is -2.23. The maximum atomic E-state index is 4.78. The van der Waals surface area contributed by atoms with Crippen LogP contribution in [0.3, 0.4) is 0 Å². The van der Waals surface area contributed by atoms with Gasteiger partial charge in [0.15, 0.2) is 0 Å². The van der Waals surface area contributed by atoms with Gasteiger partial charge in [0.05, 0.1) is 5.69 Å². The highest BCUT2D eigenvalue weighted by atomic mass is 32.1. The van der Waals surface area contributed by atoms with Gasteiger partial charge in [0.2, 0.25) is 0 Å². The lowest BCUT2D eigenvalue weighted by Crippen LogP contribution is -2.37. The molecule has 0 saturated carbocycles. The molecule has 2 aromatic rings. The summed E-state index contributed by atoms with van der Waals surface area (Å²) in [5.41, 5.74) is 2.46. The van der Waals surface area contributed by atoms with Gasteiger partial charge in [-0.2, -0.15) is 11.3 Å². The van der Waals surface area contributed by atoms with E-state index in [1.807, 2.05) is 0 Å². The van der Waals surface area contributed by atoms with E-state index in [0.29, 0.717) is 6.04 Å². The van der Waals surface area contributed by atoms with E-state index < -0.39 is 0 Å². The standard InChI is InChI=1S/C15H21N3S2/c1-2-18(8-13-4-3-6-16-13)9-14-11-20-15(17-14)12-5-7-19-10-12/h5,7,10-11,13,16H,2-4,6,8-9H2,1H3.